The first-order valence-corrected chi connectivity index (χ1v) is 7.24. The Morgan fingerprint density at radius 1 is 1.53 bits per heavy atom. The predicted octanol–water partition coefficient (Wildman–Crippen LogP) is 2.12. The first-order valence-electron chi connectivity index (χ1n) is 6.30. The number of carboxylic acid groups (broad SMARTS) is 1. The van der Waals surface area contributed by atoms with Gasteiger partial charge in [0.05, 0.1) is 18.3 Å². The van der Waals surface area contributed by atoms with Crippen molar-refractivity contribution in [2.24, 2.45) is 11.3 Å². The minimum absolute atomic E-state index is 0.114. The molecule has 1 N–H and O–H groups in total. The van der Waals surface area contributed by atoms with Gasteiger partial charge >= 0.3 is 11.9 Å². The molecule has 1 aromatic heterocycles. The van der Waals surface area contributed by atoms with E-state index in [0.717, 1.165) is 25.7 Å². The average Bonchev–Trinajstić information content (AvgIpc) is 3.07. The summed E-state index contributed by atoms with van der Waals surface area (Å²) in [4.78, 5) is 28.1. The number of nitrogens with zero attached hydrogens (tertiary/aromatic N) is 1. The van der Waals surface area contributed by atoms with Crippen LogP contribution in [0.1, 0.15) is 31.4 Å². The average molecular weight is 283 g/mol. The Bertz CT molecular complexity index is 453. The molecule has 1 fully saturated rings. The molecular weight excluding hydrogens is 266 g/mol. The predicted molar refractivity (Wildman–Crippen MR) is 69.9 cm³/mol. The molecule has 1 atom stereocenters. The number of aliphatic carboxylic acids is 1. The molecule has 1 aromatic rings. The third-order valence-electron chi connectivity index (χ3n) is 3.93. The molecule has 6 heteroatoms. The number of carbonyl (C=O) groups excluding carboxylic acids is 1. The van der Waals surface area contributed by atoms with Gasteiger partial charge in [0, 0.05) is 11.8 Å². The number of thiazole rings is 1. The monoisotopic (exact) mass is 283 g/mol. The van der Waals surface area contributed by atoms with E-state index < -0.39 is 17.4 Å². The zero-order valence-electron chi connectivity index (χ0n) is 10.8. The molecule has 0 aromatic carbocycles. The van der Waals surface area contributed by atoms with Crippen LogP contribution in [0.4, 0.5) is 0 Å². The lowest BCUT2D eigenvalue weighted by atomic mass is 9.71. The Balaban J connectivity index is 2.38. The van der Waals surface area contributed by atoms with E-state index in [0.29, 0.717) is 5.69 Å². The minimum atomic E-state index is -1.49. The second-order valence-electron chi connectivity index (χ2n) is 4.91. The van der Waals surface area contributed by atoms with Crippen molar-refractivity contribution in [3.8, 4) is 0 Å². The van der Waals surface area contributed by atoms with Crippen molar-refractivity contribution in [1.82, 2.24) is 4.98 Å². The number of hydrogen-bond acceptors (Lipinski definition) is 5. The van der Waals surface area contributed by atoms with Crippen LogP contribution in [0.25, 0.3) is 0 Å². The lowest BCUT2D eigenvalue weighted by Gasteiger charge is -2.31. The summed E-state index contributed by atoms with van der Waals surface area (Å²) < 4.78 is 4.79. The van der Waals surface area contributed by atoms with Crippen molar-refractivity contribution in [2.45, 2.75) is 32.1 Å². The molecule has 1 saturated carbocycles. The van der Waals surface area contributed by atoms with Crippen LogP contribution in [0.5, 0.6) is 0 Å². The van der Waals surface area contributed by atoms with Gasteiger partial charge in [-0.05, 0) is 18.8 Å². The van der Waals surface area contributed by atoms with Crippen LogP contribution in [0, 0.1) is 11.3 Å². The zero-order valence-corrected chi connectivity index (χ0v) is 11.6. The van der Waals surface area contributed by atoms with Gasteiger partial charge in [0.15, 0.2) is 5.41 Å². The zero-order chi connectivity index (χ0) is 13.9. The molecule has 0 saturated heterocycles. The lowest BCUT2D eigenvalue weighted by molar-refractivity contribution is -0.171. The molecule has 0 radical (unpaired) electrons. The summed E-state index contributed by atoms with van der Waals surface area (Å²) in [5.41, 5.74) is 0.803. The number of aromatic nitrogens is 1. The van der Waals surface area contributed by atoms with Gasteiger partial charge < -0.3 is 9.84 Å². The van der Waals surface area contributed by atoms with Gasteiger partial charge in [0.25, 0.3) is 0 Å². The largest absolute Gasteiger partial charge is 0.480 e. The van der Waals surface area contributed by atoms with E-state index in [1.807, 2.05) is 0 Å². The number of rotatable bonds is 5. The molecule has 104 valence electrons. The molecule has 19 heavy (non-hydrogen) atoms. The molecule has 1 aliphatic carbocycles. The van der Waals surface area contributed by atoms with E-state index in [1.165, 1.54) is 18.4 Å². The fourth-order valence-corrected chi connectivity index (χ4v) is 3.49. The third-order valence-corrected chi connectivity index (χ3v) is 4.56. The van der Waals surface area contributed by atoms with Crippen molar-refractivity contribution in [3.63, 3.8) is 0 Å². The number of esters is 1. The molecule has 5 nitrogen and oxygen atoms in total. The van der Waals surface area contributed by atoms with E-state index in [4.69, 9.17) is 4.74 Å². The highest BCUT2D eigenvalue weighted by molar-refractivity contribution is 7.07. The highest BCUT2D eigenvalue weighted by Crippen LogP contribution is 2.43. The van der Waals surface area contributed by atoms with Crippen LogP contribution >= 0.6 is 11.3 Å². The van der Waals surface area contributed by atoms with Gasteiger partial charge in [0.2, 0.25) is 0 Å². The van der Waals surface area contributed by atoms with Crippen molar-refractivity contribution in [2.75, 3.05) is 7.11 Å². The van der Waals surface area contributed by atoms with Crippen LogP contribution in [0.2, 0.25) is 0 Å². The van der Waals surface area contributed by atoms with Crippen LogP contribution in [0.15, 0.2) is 10.9 Å². The summed E-state index contributed by atoms with van der Waals surface area (Å²) in [5, 5.41) is 11.4. The van der Waals surface area contributed by atoms with E-state index in [9.17, 15) is 14.7 Å². The molecule has 0 aliphatic heterocycles. The minimum Gasteiger partial charge on any atom is -0.480 e. The van der Waals surface area contributed by atoms with Crippen molar-refractivity contribution in [1.29, 1.82) is 0 Å². The molecule has 0 bridgehead atoms. The van der Waals surface area contributed by atoms with Crippen molar-refractivity contribution in [3.05, 3.63) is 16.6 Å². The molecule has 1 heterocycles. The van der Waals surface area contributed by atoms with Crippen molar-refractivity contribution >= 4 is 23.3 Å². The summed E-state index contributed by atoms with van der Waals surface area (Å²) >= 11 is 1.40. The van der Waals surface area contributed by atoms with Crippen molar-refractivity contribution < 1.29 is 19.4 Å². The molecule has 1 unspecified atom stereocenters. The Labute approximate surface area is 115 Å². The number of methoxy groups -OCH3 is 1. The SMILES string of the molecule is COC(=O)C(Cc1cscn1)(C(=O)O)C1CCCC1. The Morgan fingerprint density at radius 3 is 2.68 bits per heavy atom. The van der Waals surface area contributed by atoms with Gasteiger partial charge in [-0.15, -0.1) is 11.3 Å². The quantitative estimate of drug-likeness (QED) is 0.661. The van der Waals surface area contributed by atoms with Gasteiger partial charge in [-0.2, -0.15) is 0 Å². The van der Waals surface area contributed by atoms with Crippen LogP contribution in [-0.2, 0) is 20.7 Å². The number of ether oxygens (including phenoxy) is 1. The highest BCUT2D eigenvalue weighted by atomic mass is 32.1. The molecule has 0 amide bonds. The standard InChI is InChI=1S/C13H17NO4S/c1-18-12(17)13(11(15)16,9-4-2-3-5-9)6-10-7-19-8-14-10/h7-9H,2-6H2,1H3,(H,15,16). The Hall–Kier alpha value is -1.43. The van der Waals surface area contributed by atoms with Crippen LogP contribution in [0.3, 0.4) is 0 Å². The van der Waals surface area contributed by atoms with E-state index in [1.54, 1.807) is 10.9 Å². The normalized spacial score (nSPS) is 19.0. The number of carbonyl (C=O) groups is 2. The molecule has 0 spiro atoms. The summed E-state index contributed by atoms with van der Waals surface area (Å²) in [6.07, 6.45) is 3.56. The van der Waals surface area contributed by atoms with Crippen LogP contribution in [-0.4, -0.2) is 29.1 Å². The second kappa shape index (κ2) is 5.69. The van der Waals surface area contributed by atoms with E-state index >= 15 is 0 Å². The van der Waals surface area contributed by atoms with E-state index in [-0.39, 0.29) is 12.3 Å². The first kappa shape index (κ1) is 14.0. The van der Waals surface area contributed by atoms with E-state index in [2.05, 4.69) is 4.98 Å². The number of carboxylic acids is 1. The van der Waals surface area contributed by atoms with Gasteiger partial charge in [0.1, 0.15) is 0 Å². The van der Waals surface area contributed by atoms with Gasteiger partial charge in [-0.3, -0.25) is 9.59 Å². The maximum atomic E-state index is 12.2. The highest BCUT2D eigenvalue weighted by Gasteiger charge is 2.54. The smallest absolute Gasteiger partial charge is 0.323 e. The summed E-state index contributed by atoms with van der Waals surface area (Å²) in [6.45, 7) is 0. The second-order valence-corrected chi connectivity index (χ2v) is 5.62. The van der Waals surface area contributed by atoms with Crippen LogP contribution < -0.4 is 0 Å². The topological polar surface area (TPSA) is 76.5 Å². The first-order chi connectivity index (χ1) is 9.11. The third kappa shape index (κ3) is 2.49. The maximum Gasteiger partial charge on any atom is 0.323 e. The number of hydrogen-bond donors (Lipinski definition) is 1. The summed E-state index contributed by atoms with van der Waals surface area (Å²) in [6, 6.07) is 0. The van der Waals surface area contributed by atoms with Gasteiger partial charge in [-0.1, -0.05) is 12.8 Å². The molecule has 2 rings (SSSR count). The fraction of sp³-hybridized carbons (Fsp3) is 0.615. The summed E-state index contributed by atoms with van der Waals surface area (Å²) in [5.74, 6) is -1.92. The lowest BCUT2D eigenvalue weighted by Crippen LogP contribution is -2.47. The summed E-state index contributed by atoms with van der Waals surface area (Å²) in [7, 11) is 1.25. The Kier molecular flexibility index (Phi) is 4.19. The molecular formula is C13H17NO4S. The Morgan fingerprint density at radius 2 is 2.21 bits per heavy atom. The van der Waals surface area contributed by atoms with Gasteiger partial charge in [-0.25, -0.2) is 4.98 Å². The molecule has 1 aliphatic rings. The maximum absolute atomic E-state index is 12.2. The fourth-order valence-electron chi connectivity index (χ4n) is 2.93.